The van der Waals surface area contributed by atoms with Crippen LogP contribution in [0.4, 0.5) is 0 Å². The van der Waals surface area contributed by atoms with Gasteiger partial charge in [-0.2, -0.15) is 0 Å². The van der Waals surface area contributed by atoms with E-state index in [-0.39, 0.29) is 18.1 Å². The molecule has 2 saturated carbocycles. The topological polar surface area (TPSA) is 61.4 Å². The number of aliphatic hydroxyl groups is 1. The van der Waals surface area contributed by atoms with Crippen LogP contribution in [0, 0.1) is 17.8 Å². The van der Waals surface area contributed by atoms with E-state index in [4.69, 9.17) is 0 Å². The number of hydrogen-bond acceptors (Lipinski definition) is 3. The van der Waals surface area contributed by atoms with Gasteiger partial charge in [0.25, 0.3) is 0 Å². The molecule has 3 aliphatic rings. The van der Waals surface area contributed by atoms with Gasteiger partial charge < -0.3 is 15.7 Å². The van der Waals surface area contributed by atoms with E-state index in [2.05, 4.69) is 10.6 Å². The molecule has 3 N–H and O–H groups in total. The fourth-order valence-electron chi connectivity index (χ4n) is 4.18. The van der Waals surface area contributed by atoms with Gasteiger partial charge in [0, 0.05) is 6.54 Å². The second kappa shape index (κ2) is 5.80. The van der Waals surface area contributed by atoms with Gasteiger partial charge in [-0.1, -0.05) is 6.42 Å². The Labute approximate surface area is 115 Å². The van der Waals surface area contributed by atoms with Crippen molar-refractivity contribution in [2.45, 2.75) is 57.1 Å². The van der Waals surface area contributed by atoms with Crippen LogP contribution in [0.3, 0.4) is 0 Å². The molecule has 2 aliphatic carbocycles. The smallest absolute Gasteiger partial charge is 0.237 e. The van der Waals surface area contributed by atoms with Gasteiger partial charge in [-0.25, -0.2) is 0 Å². The van der Waals surface area contributed by atoms with E-state index in [0.717, 1.165) is 44.7 Å². The van der Waals surface area contributed by atoms with Crippen molar-refractivity contribution in [3.8, 4) is 0 Å². The van der Waals surface area contributed by atoms with E-state index in [0.29, 0.717) is 11.8 Å². The molecule has 19 heavy (non-hydrogen) atoms. The molecule has 3 atom stereocenters. The lowest BCUT2D eigenvalue weighted by Gasteiger charge is -2.26. The van der Waals surface area contributed by atoms with Crippen LogP contribution in [0.25, 0.3) is 0 Å². The van der Waals surface area contributed by atoms with Crippen LogP contribution >= 0.6 is 0 Å². The summed E-state index contributed by atoms with van der Waals surface area (Å²) in [7, 11) is 0. The first-order valence-electron chi connectivity index (χ1n) is 7.93. The molecule has 3 fully saturated rings. The Morgan fingerprint density at radius 2 is 1.95 bits per heavy atom. The predicted molar refractivity (Wildman–Crippen MR) is 73.6 cm³/mol. The molecule has 4 heteroatoms. The summed E-state index contributed by atoms with van der Waals surface area (Å²) in [6, 6.07) is 0.0571. The average molecular weight is 266 g/mol. The summed E-state index contributed by atoms with van der Waals surface area (Å²) >= 11 is 0. The molecule has 3 unspecified atom stereocenters. The number of carbonyl (C=O) groups excluding carboxylic acids is 1. The number of carbonyl (C=O) groups is 1. The van der Waals surface area contributed by atoms with Gasteiger partial charge in [-0.05, 0) is 62.8 Å². The third-order valence-corrected chi connectivity index (χ3v) is 5.41. The Kier molecular flexibility index (Phi) is 4.08. The molecule has 108 valence electrons. The minimum Gasteiger partial charge on any atom is -0.393 e. The molecule has 0 aromatic rings. The molecule has 4 nitrogen and oxygen atoms in total. The van der Waals surface area contributed by atoms with Gasteiger partial charge in [0.15, 0.2) is 0 Å². The first kappa shape index (κ1) is 13.4. The SMILES string of the molecule is O=C(NCC1CCC(O)CC1)C1NCC2CCCC21. The number of aliphatic hydroxyl groups excluding tert-OH is 1. The largest absolute Gasteiger partial charge is 0.393 e. The Bertz CT molecular complexity index is 326. The monoisotopic (exact) mass is 266 g/mol. The van der Waals surface area contributed by atoms with E-state index >= 15 is 0 Å². The zero-order chi connectivity index (χ0) is 13.2. The highest BCUT2D eigenvalue weighted by Gasteiger charge is 2.42. The lowest BCUT2D eigenvalue weighted by Crippen LogP contribution is -2.45. The van der Waals surface area contributed by atoms with Crippen LogP contribution in [-0.4, -0.2) is 36.2 Å². The highest BCUT2D eigenvalue weighted by molar-refractivity contribution is 5.82. The van der Waals surface area contributed by atoms with Crippen LogP contribution in [-0.2, 0) is 4.79 Å². The van der Waals surface area contributed by atoms with Crippen molar-refractivity contribution in [2.24, 2.45) is 17.8 Å². The van der Waals surface area contributed by atoms with E-state index in [9.17, 15) is 9.90 Å². The molecule has 0 spiro atoms. The van der Waals surface area contributed by atoms with Crippen molar-refractivity contribution < 1.29 is 9.90 Å². The van der Waals surface area contributed by atoms with Crippen LogP contribution in [0.1, 0.15) is 44.9 Å². The minimum absolute atomic E-state index is 0.0571. The molecule has 1 heterocycles. The standard InChI is InChI=1S/C15H26N2O2/c18-12-6-4-10(5-7-12)8-17-15(19)14-13-3-1-2-11(13)9-16-14/h10-14,16,18H,1-9H2,(H,17,19). The van der Waals surface area contributed by atoms with Gasteiger partial charge in [0.2, 0.25) is 5.91 Å². The number of nitrogens with one attached hydrogen (secondary N) is 2. The third-order valence-electron chi connectivity index (χ3n) is 5.41. The van der Waals surface area contributed by atoms with Crippen LogP contribution in [0.5, 0.6) is 0 Å². The first-order valence-corrected chi connectivity index (χ1v) is 7.93. The molecule has 0 aromatic carbocycles. The quantitative estimate of drug-likeness (QED) is 0.715. The molecule has 0 aromatic heterocycles. The highest BCUT2D eigenvalue weighted by atomic mass is 16.3. The van der Waals surface area contributed by atoms with Gasteiger partial charge in [0.1, 0.15) is 0 Å². The number of hydrogen-bond donors (Lipinski definition) is 3. The van der Waals surface area contributed by atoms with Crippen molar-refractivity contribution in [3.05, 3.63) is 0 Å². The Morgan fingerprint density at radius 1 is 1.16 bits per heavy atom. The van der Waals surface area contributed by atoms with Crippen molar-refractivity contribution in [3.63, 3.8) is 0 Å². The summed E-state index contributed by atoms with van der Waals surface area (Å²) in [5.74, 6) is 2.09. The second-order valence-electron chi connectivity index (χ2n) is 6.66. The second-order valence-corrected chi connectivity index (χ2v) is 6.66. The van der Waals surface area contributed by atoms with E-state index < -0.39 is 0 Å². The summed E-state index contributed by atoms with van der Waals surface area (Å²) in [6.07, 6.45) is 7.58. The van der Waals surface area contributed by atoms with Crippen molar-refractivity contribution in [1.82, 2.24) is 10.6 Å². The Balaban J connectivity index is 1.44. The molecule has 0 radical (unpaired) electrons. The van der Waals surface area contributed by atoms with Crippen LogP contribution in [0.15, 0.2) is 0 Å². The maximum absolute atomic E-state index is 12.3. The Hall–Kier alpha value is -0.610. The van der Waals surface area contributed by atoms with E-state index in [1.807, 2.05) is 0 Å². The highest BCUT2D eigenvalue weighted by Crippen LogP contribution is 2.37. The third kappa shape index (κ3) is 2.95. The predicted octanol–water partition coefficient (Wildman–Crippen LogP) is 1.04. The molecule has 0 bridgehead atoms. The molecular weight excluding hydrogens is 240 g/mol. The fourth-order valence-corrected chi connectivity index (χ4v) is 4.18. The van der Waals surface area contributed by atoms with Crippen LogP contribution < -0.4 is 10.6 Å². The van der Waals surface area contributed by atoms with Crippen LogP contribution in [0.2, 0.25) is 0 Å². The number of fused-ring (bicyclic) bond motifs is 1. The molecule has 1 aliphatic heterocycles. The van der Waals surface area contributed by atoms with Gasteiger partial charge in [0.05, 0.1) is 12.1 Å². The maximum atomic E-state index is 12.3. The fraction of sp³-hybridized carbons (Fsp3) is 0.933. The van der Waals surface area contributed by atoms with Crippen molar-refractivity contribution >= 4 is 5.91 Å². The number of amides is 1. The molecule has 3 rings (SSSR count). The zero-order valence-corrected chi connectivity index (χ0v) is 11.6. The average Bonchev–Trinajstić information content (AvgIpc) is 3.00. The van der Waals surface area contributed by atoms with Gasteiger partial charge >= 0.3 is 0 Å². The van der Waals surface area contributed by atoms with Gasteiger partial charge in [-0.15, -0.1) is 0 Å². The lowest BCUT2D eigenvalue weighted by molar-refractivity contribution is -0.124. The summed E-state index contributed by atoms with van der Waals surface area (Å²) in [4.78, 5) is 12.3. The summed E-state index contributed by atoms with van der Waals surface area (Å²) in [5.41, 5.74) is 0. The summed E-state index contributed by atoms with van der Waals surface area (Å²) < 4.78 is 0. The van der Waals surface area contributed by atoms with E-state index in [1.165, 1.54) is 19.3 Å². The molecular formula is C15H26N2O2. The Morgan fingerprint density at radius 3 is 2.74 bits per heavy atom. The van der Waals surface area contributed by atoms with Gasteiger partial charge in [-0.3, -0.25) is 4.79 Å². The molecule has 1 saturated heterocycles. The maximum Gasteiger partial charge on any atom is 0.237 e. The van der Waals surface area contributed by atoms with Crippen molar-refractivity contribution in [1.29, 1.82) is 0 Å². The minimum atomic E-state index is -0.109. The normalized spacial score (nSPS) is 42.1. The summed E-state index contributed by atoms with van der Waals surface area (Å²) in [6.45, 7) is 1.82. The zero-order valence-electron chi connectivity index (χ0n) is 11.6. The lowest BCUT2D eigenvalue weighted by atomic mass is 9.87. The van der Waals surface area contributed by atoms with Crippen molar-refractivity contribution in [2.75, 3.05) is 13.1 Å². The van der Waals surface area contributed by atoms with E-state index in [1.54, 1.807) is 0 Å². The number of rotatable bonds is 3. The summed E-state index contributed by atoms with van der Waals surface area (Å²) in [5, 5.41) is 16.0. The molecule has 1 amide bonds. The first-order chi connectivity index (χ1) is 9.24.